The number of ether oxygens (including phenoxy) is 2. The van der Waals surface area contributed by atoms with Crippen molar-refractivity contribution in [1.82, 2.24) is 25.9 Å². The van der Waals surface area contributed by atoms with Gasteiger partial charge in [-0.05, 0) is 13.0 Å². The Labute approximate surface area is 116 Å². The van der Waals surface area contributed by atoms with Crippen molar-refractivity contribution >= 4 is 0 Å². The van der Waals surface area contributed by atoms with Crippen LogP contribution in [0.15, 0.2) is 18.2 Å². The molecule has 1 unspecified atom stereocenters. The summed E-state index contributed by atoms with van der Waals surface area (Å²) in [5, 5.41) is 17.3. The number of aromatic amines is 1. The first-order valence-electron chi connectivity index (χ1n) is 6.69. The van der Waals surface area contributed by atoms with Crippen LogP contribution >= 0.6 is 0 Å². The summed E-state index contributed by atoms with van der Waals surface area (Å²) in [6, 6.07) is 5.95. The molecule has 1 atom stereocenters. The highest BCUT2D eigenvalue weighted by Crippen LogP contribution is 2.33. The molecule has 0 aliphatic carbocycles. The lowest BCUT2D eigenvalue weighted by Gasteiger charge is -2.14. The molecule has 0 amide bonds. The van der Waals surface area contributed by atoms with Crippen molar-refractivity contribution in [2.24, 2.45) is 0 Å². The maximum Gasteiger partial charge on any atom is 0.191 e. The van der Waals surface area contributed by atoms with E-state index in [1.54, 1.807) is 0 Å². The fourth-order valence-electron chi connectivity index (χ4n) is 2.10. The average Bonchev–Trinajstić information content (AvgIpc) is 2.90. The zero-order valence-electron chi connectivity index (χ0n) is 11.3. The smallest absolute Gasteiger partial charge is 0.191 e. The molecule has 0 bridgehead atoms. The van der Waals surface area contributed by atoms with E-state index in [0.29, 0.717) is 25.6 Å². The van der Waals surface area contributed by atoms with E-state index >= 15 is 0 Å². The molecule has 0 spiro atoms. The molecule has 106 valence electrons. The third-order valence-corrected chi connectivity index (χ3v) is 3.20. The Morgan fingerprint density at radius 1 is 1.35 bits per heavy atom. The maximum absolute atomic E-state index is 5.79. The van der Waals surface area contributed by atoms with E-state index in [1.807, 2.05) is 25.1 Å². The summed E-state index contributed by atoms with van der Waals surface area (Å²) in [7, 11) is 0. The molecule has 2 N–H and O–H groups in total. The van der Waals surface area contributed by atoms with Crippen LogP contribution in [0.5, 0.6) is 11.5 Å². The summed E-state index contributed by atoms with van der Waals surface area (Å²) in [5.74, 6) is 2.29. The first-order valence-corrected chi connectivity index (χ1v) is 6.69. The number of tetrazole rings is 1. The zero-order chi connectivity index (χ0) is 13.8. The van der Waals surface area contributed by atoms with E-state index < -0.39 is 0 Å². The largest absolute Gasteiger partial charge is 0.490 e. The van der Waals surface area contributed by atoms with Crippen LogP contribution in [0.25, 0.3) is 0 Å². The van der Waals surface area contributed by atoms with Gasteiger partial charge >= 0.3 is 0 Å². The van der Waals surface area contributed by atoms with Gasteiger partial charge < -0.3 is 14.8 Å². The van der Waals surface area contributed by atoms with Crippen molar-refractivity contribution in [2.45, 2.75) is 25.9 Å². The number of nitrogens with one attached hydrogen (secondary N) is 2. The first kappa shape index (κ1) is 12.9. The number of H-pyrrole nitrogens is 1. The lowest BCUT2D eigenvalue weighted by molar-refractivity contribution is 0.295. The van der Waals surface area contributed by atoms with Crippen molar-refractivity contribution in [3.05, 3.63) is 29.6 Å². The number of benzene rings is 1. The summed E-state index contributed by atoms with van der Waals surface area (Å²) in [5.41, 5.74) is 1.07. The predicted molar refractivity (Wildman–Crippen MR) is 71.5 cm³/mol. The number of nitrogens with zero attached hydrogens (tertiary/aromatic N) is 3. The lowest BCUT2D eigenvalue weighted by atomic mass is 10.1. The summed E-state index contributed by atoms with van der Waals surface area (Å²) >= 11 is 0. The highest BCUT2D eigenvalue weighted by molar-refractivity contribution is 5.47. The van der Waals surface area contributed by atoms with Crippen molar-refractivity contribution in [3.8, 4) is 11.5 Å². The van der Waals surface area contributed by atoms with Crippen LogP contribution in [0.2, 0.25) is 0 Å². The van der Waals surface area contributed by atoms with Gasteiger partial charge in [0.15, 0.2) is 17.3 Å². The third-order valence-electron chi connectivity index (χ3n) is 3.20. The molecule has 0 radical (unpaired) electrons. The van der Waals surface area contributed by atoms with Gasteiger partial charge in [-0.15, -0.1) is 10.2 Å². The van der Waals surface area contributed by atoms with Crippen LogP contribution < -0.4 is 14.8 Å². The van der Waals surface area contributed by atoms with Gasteiger partial charge in [0.1, 0.15) is 0 Å². The average molecular weight is 275 g/mol. The third kappa shape index (κ3) is 2.72. The van der Waals surface area contributed by atoms with Crippen molar-refractivity contribution < 1.29 is 9.47 Å². The van der Waals surface area contributed by atoms with E-state index in [9.17, 15) is 0 Å². The first-order chi connectivity index (χ1) is 9.84. The number of para-hydroxylation sites is 1. The normalized spacial score (nSPS) is 15.7. The molecule has 0 saturated carbocycles. The molecule has 7 heteroatoms. The second kappa shape index (κ2) is 5.87. The Morgan fingerprint density at radius 2 is 2.25 bits per heavy atom. The fourth-order valence-corrected chi connectivity index (χ4v) is 2.10. The molecule has 3 rings (SSSR count). The molecule has 20 heavy (non-hydrogen) atoms. The molecular weight excluding hydrogens is 258 g/mol. The monoisotopic (exact) mass is 275 g/mol. The summed E-state index contributed by atoms with van der Waals surface area (Å²) in [6.45, 7) is 4.03. The standard InChI is InChI=1S/C13H17N5O2/c1-9(13-15-17-18-16-13)14-8-10-4-2-5-11-12(10)20-7-3-6-19-11/h2,4-5,9,14H,3,6-8H2,1H3,(H,15,16,17,18). The van der Waals surface area contributed by atoms with Gasteiger partial charge in [-0.1, -0.05) is 17.3 Å². The molecule has 1 aliphatic heterocycles. The number of hydrogen-bond donors (Lipinski definition) is 2. The van der Waals surface area contributed by atoms with Gasteiger partial charge in [-0.3, -0.25) is 0 Å². The summed E-state index contributed by atoms with van der Waals surface area (Å²) < 4.78 is 11.5. The van der Waals surface area contributed by atoms with Gasteiger partial charge in [0.25, 0.3) is 0 Å². The van der Waals surface area contributed by atoms with E-state index in [0.717, 1.165) is 23.5 Å². The van der Waals surface area contributed by atoms with Crippen LogP contribution in [-0.4, -0.2) is 33.8 Å². The van der Waals surface area contributed by atoms with Crippen LogP contribution in [-0.2, 0) is 6.54 Å². The van der Waals surface area contributed by atoms with Gasteiger partial charge in [0, 0.05) is 18.5 Å². The highest BCUT2D eigenvalue weighted by atomic mass is 16.5. The molecule has 1 aliphatic rings. The van der Waals surface area contributed by atoms with Crippen LogP contribution in [0.3, 0.4) is 0 Å². The van der Waals surface area contributed by atoms with Crippen LogP contribution in [0, 0.1) is 0 Å². The van der Waals surface area contributed by atoms with E-state index in [-0.39, 0.29) is 6.04 Å². The topological polar surface area (TPSA) is 85.0 Å². The van der Waals surface area contributed by atoms with Crippen molar-refractivity contribution in [2.75, 3.05) is 13.2 Å². The second-order valence-electron chi connectivity index (χ2n) is 4.67. The van der Waals surface area contributed by atoms with Gasteiger partial charge in [0.05, 0.1) is 19.3 Å². The van der Waals surface area contributed by atoms with Crippen molar-refractivity contribution in [3.63, 3.8) is 0 Å². The molecule has 1 aromatic heterocycles. The number of hydrogen-bond acceptors (Lipinski definition) is 6. The fraction of sp³-hybridized carbons (Fsp3) is 0.462. The molecule has 2 heterocycles. The Bertz CT molecular complexity index is 558. The molecule has 7 nitrogen and oxygen atoms in total. The lowest BCUT2D eigenvalue weighted by Crippen LogP contribution is -2.19. The minimum absolute atomic E-state index is 0.0105. The highest BCUT2D eigenvalue weighted by Gasteiger charge is 2.16. The van der Waals surface area contributed by atoms with Crippen molar-refractivity contribution in [1.29, 1.82) is 0 Å². The molecule has 0 saturated heterocycles. The maximum atomic E-state index is 5.79. The van der Waals surface area contributed by atoms with Crippen LogP contribution in [0.1, 0.15) is 30.8 Å². The van der Waals surface area contributed by atoms with Gasteiger partial charge in [0.2, 0.25) is 0 Å². The van der Waals surface area contributed by atoms with E-state index in [4.69, 9.17) is 9.47 Å². The molecule has 0 fully saturated rings. The molecule has 1 aromatic carbocycles. The number of fused-ring (bicyclic) bond motifs is 1. The Kier molecular flexibility index (Phi) is 3.78. The molecule has 2 aromatic rings. The second-order valence-corrected chi connectivity index (χ2v) is 4.67. The molecular formula is C13H17N5O2. The van der Waals surface area contributed by atoms with E-state index in [2.05, 4.69) is 25.9 Å². The summed E-state index contributed by atoms with van der Waals surface area (Å²) in [6.07, 6.45) is 0.904. The Hall–Kier alpha value is -2.15. The minimum Gasteiger partial charge on any atom is -0.490 e. The predicted octanol–water partition coefficient (Wildman–Crippen LogP) is 1.21. The minimum atomic E-state index is 0.0105. The SMILES string of the molecule is CC(NCc1cccc2c1OCCCO2)c1nn[nH]n1. The quantitative estimate of drug-likeness (QED) is 0.872. The number of rotatable bonds is 4. The van der Waals surface area contributed by atoms with Gasteiger partial charge in [-0.2, -0.15) is 5.21 Å². The Morgan fingerprint density at radius 3 is 3.10 bits per heavy atom. The van der Waals surface area contributed by atoms with Crippen LogP contribution in [0.4, 0.5) is 0 Å². The van der Waals surface area contributed by atoms with Gasteiger partial charge in [-0.25, -0.2) is 0 Å². The number of aromatic nitrogens is 4. The Balaban J connectivity index is 1.71. The summed E-state index contributed by atoms with van der Waals surface area (Å²) in [4.78, 5) is 0. The zero-order valence-corrected chi connectivity index (χ0v) is 11.3. The van der Waals surface area contributed by atoms with E-state index in [1.165, 1.54) is 0 Å².